The highest BCUT2D eigenvalue weighted by Crippen LogP contribution is 2.09. The zero-order valence-corrected chi connectivity index (χ0v) is 10.3. The lowest BCUT2D eigenvalue weighted by Gasteiger charge is -1.79. The summed E-state index contributed by atoms with van der Waals surface area (Å²) in [5.41, 5.74) is 1.76. The standard InChI is InChI=1S/C7H5NO.C4H10.C2H6/c1-2-4-7-6(3-1)8-5-9-7;1-4(2)3;1-2/h1-5H;4H,1-3H3;1-2H3. The van der Waals surface area contributed by atoms with E-state index in [9.17, 15) is 0 Å². The first kappa shape index (κ1) is 13.7. The average molecular weight is 207 g/mol. The Balaban J connectivity index is 0.000000282. The minimum absolute atomic E-state index is 0.833. The average Bonchev–Trinajstić information content (AvgIpc) is 2.67. The summed E-state index contributed by atoms with van der Waals surface area (Å²) >= 11 is 0. The van der Waals surface area contributed by atoms with Gasteiger partial charge in [-0.15, -0.1) is 0 Å². The van der Waals surface area contributed by atoms with Crippen LogP contribution in [0.1, 0.15) is 34.6 Å². The van der Waals surface area contributed by atoms with Gasteiger partial charge in [0.05, 0.1) is 0 Å². The first-order chi connectivity index (χ1) is 7.20. The lowest BCUT2D eigenvalue weighted by molar-refractivity contribution is 0.602. The van der Waals surface area contributed by atoms with Gasteiger partial charge in [0, 0.05) is 0 Å². The molecule has 84 valence electrons. The molecule has 1 aromatic carbocycles. The number of fused-ring (bicyclic) bond motifs is 1. The topological polar surface area (TPSA) is 26.0 Å². The summed E-state index contributed by atoms with van der Waals surface area (Å²) < 4.78 is 5.01. The van der Waals surface area contributed by atoms with E-state index in [4.69, 9.17) is 4.42 Å². The molecule has 0 aliphatic rings. The van der Waals surface area contributed by atoms with Gasteiger partial charge in [-0.3, -0.25) is 0 Å². The second kappa shape index (κ2) is 8.04. The van der Waals surface area contributed by atoms with Crippen molar-refractivity contribution in [2.45, 2.75) is 34.6 Å². The third kappa shape index (κ3) is 5.89. The van der Waals surface area contributed by atoms with E-state index in [0.29, 0.717) is 0 Å². The maximum Gasteiger partial charge on any atom is 0.181 e. The van der Waals surface area contributed by atoms with Crippen molar-refractivity contribution in [2.24, 2.45) is 5.92 Å². The fraction of sp³-hybridized carbons (Fsp3) is 0.462. The van der Waals surface area contributed by atoms with Gasteiger partial charge in [-0.1, -0.05) is 46.8 Å². The summed E-state index contributed by atoms with van der Waals surface area (Å²) in [5.74, 6) is 0.833. The second-order valence-electron chi connectivity index (χ2n) is 3.55. The molecule has 0 unspecified atom stereocenters. The van der Waals surface area contributed by atoms with Gasteiger partial charge in [0.1, 0.15) is 5.52 Å². The highest BCUT2D eigenvalue weighted by molar-refractivity contribution is 5.71. The van der Waals surface area contributed by atoms with Crippen molar-refractivity contribution in [3.8, 4) is 0 Å². The first-order valence-electron chi connectivity index (χ1n) is 5.48. The van der Waals surface area contributed by atoms with Crippen LogP contribution < -0.4 is 0 Å². The van der Waals surface area contributed by atoms with Crippen LogP contribution in [-0.4, -0.2) is 4.98 Å². The van der Waals surface area contributed by atoms with Gasteiger partial charge in [0.15, 0.2) is 12.0 Å². The molecule has 0 saturated heterocycles. The normalized spacial score (nSPS) is 8.93. The number of oxazole rings is 1. The van der Waals surface area contributed by atoms with Crippen LogP contribution in [0, 0.1) is 5.92 Å². The molecule has 1 heterocycles. The summed E-state index contributed by atoms with van der Waals surface area (Å²) in [5, 5.41) is 0. The Hall–Kier alpha value is -1.31. The lowest BCUT2D eigenvalue weighted by Crippen LogP contribution is -1.66. The van der Waals surface area contributed by atoms with Gasteiger partial charge in [-0.05, 0) is 18.1 Å². The van der Waals surface area contributed by atoms with E-state index >= 15 is 0 Å². The molecule has 0 saturated carbocycles. The van der Waals surface area contributed by atoms with Crippen molar-refractivity contribution < 1.29 is 4.42 Å². The molecule has 0 bridgehead atoms. The zero-order chi connectivity index (χ0) is 11.7. The molecule has 0 aliphatic heterocycles. The van der Waals surface area contributed by atoms with Gasteiger partial charge in [-0.2, -0.15) is 0 Å². The third-order valence-corrected chi connectivity index (χ3v) is 1.24. The number of nitrogens with zero attached hydrogens (tertiary/aromatic N) is 1. The van der Waals surface area contributed by atoms with E-state index < -0.39 is 0 Å². The van der Waals surface area contributed by atoms with Crippen molar-refractivity contribution in [2.75, 3.05) is 0 Å². The summed E-state index contributed by atoms with van der Waals surface area (Å²) in [7, 11) is 0. The van der Waals surface area contributed by atoms with E-state index in [0.717, 1.165) is 17.0 Å². The summed E-state index contributed by atoms with van der Waals surface area (Å²) in [4.78, 5) is 3.95. The number of hydrogen-bond donors (Lipinski definition) is 0. The molecule has 1 aromatic heterocycles. The zero-order valence-electron chi connectivity index (χ0n) is 10.3. The maximum absolute atomic E-state index is 5.01. The Kier molecular flexibility index (Phi) is 7.33. The summed E-state index contributed by atoms with van der Waals surface area (Å²) in [6.07, 6.45) is 1.45. The van der Waals surface area contributed by atoms with Crippen LogP contribution in [0.15, 0.2) is 35.1 Å². The highest BCUT2D eigenvalue weighted by atomic mass is 16.3. The minimum Gasteiger partial charge on any atom is -0.443 e. The number of benzene rings is 1. The predicted molar refractivity (Wildman–Crippen MR) is 65.9 cm³/mol. The van der Waals surface area contributed by atoms with Crippen molar-refractivity contribution in [3.05, 3.63) is 30.7 Å². The largest absolute Gasteiger partial charge is 0.443 e. The Morgan fingerprint density at radius 1 is 1.07 bits per heavy atom. The Morgan fingerprint density at radius 3 is 2.13 bits per heavy atom. The number of hydrogen-bond acceptors (Lipinski definition) is 2. The fourth-order valence-electron chi connectivity index (χ4n) is 0.803. The molecular formula is C13H21NO. The van der Waals surface area contributed by atoms with E-state index in [1.54, 1.807) is 0 Å². The van der Waals surface area contributed by atoms with Gasteiger partial charge < -0.3 is 4.42 Å². The minimum atomic E-state index is 0.833. The van der Waals surface area contributed by atoms with E-state index in [1.165, 1.54) is 6.39 Å². The number of rotatable bonds is 0. The number of para-hydroxylation sites is 2. The van der Waals surface area contributed by atoms with Crippen molar-refractivity contribution in [3.63, 3.8) is 0 Å². The molecule has 0 radical (unpaired) electrons. The second-order valence-corrected chi connectivity index (χ2v) is 3.55. The van der Waals surface area contributed by atoms with Crippen LogP contribution in [0.5, 0.6) is 0 Å². The molecule has 0 N–H and O–H groups in total. The molecule has 15 heavy (non-hydrogen) atoms. The first-order valence-corrected chi connectivity index (χ1v) is 5.48. The van der Waals surface area contributed by atoms with Crippen molar-refractivity contribution in [1.82, 2.24) is 4.98 Å². The van der Waals surface area contributed by atoms with Crippen LogP contribution in [0.3, 0.4) is 0 Å². The van der Waals surface area contributed by atoms with Gasteiger partial charge in [-0.25, -0.2) is 4.98 Å². The Morgan fingerprint density at radius 2 is 1.60 bits per heavy atom. The monoisotopic (exact) mass is 207 g/mol. The Labute approximate surface area is 92.3 Å². The quantitative estimate of drug-likeness (QED) is 0.635. The van der Waals surface area contributed by atoms with E-state index in [1.807, 2.05) is 38.1 Å². The fourth-order valence-corrected chi connectivity index (χ4v) is 0.803. The van der Waals surface area contributed by atoms with Crippen LogP contribution in [0.25, 0.3) is 11.1 Å². The maximum atomic E-state index is 5.01. The van der Waals surface area contributed by atoms with Crippen LogP contribution in [0.2, 0.25) is 0 Å². The Bertz CT molecular complexity index is 319. The molecule has 0 spiro atoms. The molecule has 2 nitrogen and oxygen atoms in total. The molecule has 0 aliphatic carbocycles. The van der Waals surface area contributed by atoms with Crippen LogP contribution in [-0.2, 0) is 0 Å². The number of aromatic nitrogens is 1. The van der Waals surface area contributed by atoms with Crippen LogP contribution >= 0.6 is 0 Å². The lowest BCUT2D eigenvalue weighted by atomic mass is 10.3. The SMILES string of the molecule is CC.CC(C)C.c1ccc2ocnc2c1. The smallest absolute Gasteiger partial charge is 0.181 e. The molecule has 2 heteroatoms. The van der Waals surface area contributed by atoms with Gasteiger partial charge >= 0.3 is 0 Å². The van der Waals surface area contributed by atoms with Crippen molar-refractivity contribution in [1.29, 1.82) is 0 Å². The third-order valence-electron chi connectivity index (χ3n) is 1.24. The van der Waals surface area contributed by atoms with Gasteiger partial charge in [0.2, 0.25) is 0 Å². The summed E-state index contributed by atoms with van der Waals surface area (Å²) in [6, 6.07) is 7.67. The van der Waals surface area contributed by atoms with E-state index in [2.05, 4.69) is 25.8 Å². The molecule has 2 rings (SSSR count). The predicted octanol–water partition coefficient (Wildman–Crippen LogP) is 4.52. The molecule has 0 atom stereocenters. The highest BCUT2D eigenvalue weighted by Gasteiger charge is 1.91. The van der Waals surface area contributed by atoms with E-state index in [-0.39, 0.29) is 0 Å². The van der Waals surface area contributed by atoms with Crippen LogP contribution in [0.4, 0.5) is 0 Å². The van der Waals surface area contributed by atoms with Crippen molar-refractivity contribution >= 4 is 11.1 Å². The molecule has 0 amide bonds. The molecular weight excluding hydrogens is 186 g/mol. The summed E-state index contributed by atoms with van der Waals surface area (Å²) in [6.45, 7) is 10.5. The molecule has 0 fully saturated rings. The molecule has 2 aromatic rings. The van der Waals surface area contributed by atoms with Gasteiger partial charge in [0.25, 0.3) is 0 Å².